The monoisotopic (exact) mass is 196 g/mol. The van der Waals surface area contributed by atoms with Crippen LogP contribution in [0.5, 0.6) is 0 Å². The van der Waals surface area contributed by atoms with E-state index in [1.807, 2.05) is 0 Å². The Hall–Kier alpha value is -1.62. The Morgan fingerprint density at radius 3 is 3.00 bits per heavy atom. The summed E-state index contributed by atoms with van der Waals surface area (Å²) < 4.78 is 4.96. The Bertz CT molecular complexity index is 330. The highest BCUT2D eigenvalue weighted by Gasteiger charge is 1.95. The van der Waals surface area contributed by atoms with Gasteiger partial charge in [-0.15, -0.1) is 0 Å². The lowest BCUT2D eigenvalue weighted by atomic mass is 10.4. The van der Waals surface area contributed by atoms with Crippen molar-refractivity contribution in [2.45, 2.75) is 0 Å². The number of rotatable bonds is 2. The van der Waals surface area contributed by atoms with Crippen molar-refractivity contribution in [1.82, 2.24) is 5.32 Å². The molecule has 0 aliphatic carbocycles. The van der Waals surface area contributed by atoms with Crippen LogP contribution in [0.1, 0.15) is 5.76 Å². The maximum Gasteiger partial charge on any atom is 0.250 e. The molecule has 13 heavy (non-hydrogen) atoms. The van der Waals surface area contributed by atoms with E-state index in [2.05, 4.69) is 17.5 Å². The van der Waals surface area contributed by atoms with E-state index in [1.165, 1.54) is 18.4 Å². The number of carbonyl (C=O) groups is 1. The number of nitrogens with two attached hydrogens (primary N) is 1. The zero-order valence-electron chi connectivity index (χ0n) is 6.69. The molecule has 0 radical (unpaired) electrons. The zero-order valence-corrected chi connectivity index (χ0v) is 7.51. The SMILES string of the molecule is NC(=S)NC(=O)/C=C/c1ccco1. The van der Waals surface area contributed by atoms with Crippen LogP contribution in [0.4, 0.5) is 0 Å². The first-order valence-corrected chi connectivity index (χ1v) is 3.91. The molecule has 0 atom stereocenters. The van der Waals surface area contributed by atoms with Crippen LogP contribution in [0.25, 0.3) is 6.08 Å². The van der Waals surface area contributed by atoms with Crippen molar-refractivity contribution >= 4 is 29.3 Å². The van der Waals surface area contributed by atoms with Crippen LogP contribution in [0, 0.1) is 0 Å². The van der Waals surface area contributed by atoms with Gasteiger partial charge in [0, 0.05) is 6.08 Å². The normalized spacial score (nSPS) is 10.2. The standard InChI is InChI=1S/C8H8N2O2S/c9-8(13)10-7(11)4-3-6-2-1-5-12-6/h1-5H,(H3,9,10,11,13)/b4-3+. The van der Waals surface area contributed by atoms with Crippen molar-refractivity contribution in [2.24, 2.45) is 5.73 Å². The van der Waals surface area contributed by atoms with Crippen molar-refractivity contribution < 1.29 is 9.21 Å². The van der Waals surface area contributed by atoms with Gasteiger partial charge in [0.25, 0.3) is 0 Å². The summed E-state index contributed by atoms with van der Waals surface area (Å²) >= 11 is 4.47. The lowest BCUT2D eigenvalue weighted by Crippen LogP contribution is -2.33. The fourth-order valence-corrected chi connectivity index (χ4v) is 0.808. The number of furan rings is 1. The topological polar surface area (TPSA) is 68.3 Å². The molecule has 68 valence electrons. The van der Waals surface area contributed by atoms with Gasteiger partial charge in [0.1, 0.15) is 5.76 Å². The van der Waals surface area contributed by atoms with Gasteiger partial charge < -0.3 is 10.2 Å². The highest BCUT2D eigenvalue weighted by atomic mass is 32.1. The first kappa shape index (κ1) is 9.47. The van der Waals surface area contributed by atoms with Crippen LogP contribution >= 0.6 is 12.2 Å². The minimum atomic E-state index is -0.371. The molecule has 0 saturated carbocycles. The van der Waals surface area contributed by atoms with E-state index in [0.29, 0.717) is 5.76 Å². The van der Waals surface area contributed by atoms with Crippen molar-refractivity contribution in [3.8, 4) is 0 Å². The van der Waals surface area contributed by atoms with Crippen molar-refractivity contribution in [2.75, 3.05) is 0 Å². The molecule has 1 amide bonds. The fraction of sp³-hybridized carbons (Fsp3) is 0. The van der Waals surface area contributed by atoms with Gasteiger partial charge in [0.2, 0.25) is 5.91 Å². The maximum atomic E-state index is 10.9. The van der Waals surface area contributed by atoms with Crippen LogP contribution < -0.4 is 11.1 Å². The van der Waals surface area contributed by atoms with E-state index in [-0.39, 0.29) is 11.0 Å². The first-order valence-electron chi connectivity index (χ1n) is 3.50. The Morgan fingerprint density at radius 1 is 1.69 bits per heavy atom. The quantitative estimate of drug-likeness (QED) is 0.538. The number of amides is 1. The predicted octanol–water partition coefficient (Wildman–Crippen LogP) is 0.653. The van der Waals surface area contributed by atoms with Crippen LogP contribution in [-0.4, -0.2) is 11.0 Å². The molecule has 0 spiro atoms. The summed E-state index contributed by atoms with van der Waals surface area (Å²) in [6.45, 7) is 0. The summed E-state index contributed by atoms with van der Waals surface area (Å²) in [5, 5.41) is 2.20. The zero-order chi connectivity index (χ0) is 9.68. The molecule has 0 bridgehead atoms. The third-order valence-electron chi connectivity index (χ3n) is 1.19. The number of nitrogens with one attached hydrogen (secondary N) is 1. The highest BCUT2D eigenvalue weighted by molar-refractivity contribution is 7.80. The highest BCUT2D eigenvalue weighted by Crippen LogP contribution is 2.01. The smallest absolute Gasteiger partial charge is 0.250 e. The van der Waals surface area contributed by atoms with Gasteiger partial charge >= 0.3 is 0 Å². The lowest BCUT2D eigenvalue weighted by molar-refractivity contribution is -0.115. The molecule has 0 aromatic carbocycles. The van der Waals surface area contributed by atoms with Crippen molar-refractivity contribution in [3.63, 3.8) is 0 Å². The van der Waals surface area contributed by atoms with E-state index in [1.54, 1.807) is 12.1 Å². The fourth-order valence-electron chi connectivity index (χ4n) is 0.707. The minimum absolute atomic E-state index is 0.0471. The largest absolute Gasteiger partial charge is 0.465 e. The van der Waals surface area contributed by atoms with Gasteiger partial charge in [-0.3, -0.25) is 10.1 Å². The van der Waals surface area contributed by atoms with Crippen LogP contribution in [0.3, 0.4) is 0 Å². The number of thiocarbonyl (C=S) groups is 1. The summed E-state index contributed by atoms with van der Waals surface area (Å²) in [5.41, 5.74) is 5.08. The molecule has 1 heterocycles. The molecule has 1 aromatic heterocycles. The second kappa shape index (κ2) is 4.42. The molecule has 0 saturated heterocycles. The molecule has 0 aliphatic rings. The van der Waals surface area contributed by atoms with E-state index >= 15 is 0 Å². The average molecular weight is 196 g/mol. The lowest BCUT2D eigenvalue weighted by Gasteiger charge is -1.94. The maximum absolute atomic E-state index is 10.9. The van der Waals surface area contributed by atoms with E-state index in [0.717, 1.165) is 0 Å². The second-order valence-corrected chi connectivity index (χ2v) is 2.64. The van der Waals surface area contributed by atoms with Gasteiger partial charge in [-0.25, -0.2) is 0 Å². The molecule has 0 aliphatic heterocycles. The Labute approximate surface area is 80.4 Å². The molecule has 0 fully saturated rings. The van der Waals surface area contributed by atoms with Gasteiger partial charge in [-0.1, -0.05) is 0 Å². The third-order valence-corrected chi connectivity index (χ3v) is 1.29. The number of hydrogen-bond acceptors (Lipinski definition) is 3. The average Bonchev–Trinajstić information content (AvgIpc) is 2.51. The molecule has 0 unspecified atom stereocenters. The number of hydrogen-bond donors (Lipinski definition) is 2. The third kappa shape index (κ3) is 3.53. The van der Waals surface area contributed by atoms with Crippen LogP contribution in [-0.2, 0) is 4.79 Å². The Morgan fingerprint density at radius 2 is 2.46 bits per heavy atom. The molecular formula is C8H8N2O2S. The van der Waals surface area contributed by atoms with Crippen LogP contribution in [0.15, 0.2) is 28.9 Å². The number of carbonyl (C=O) groups excluding carboxylic acids is 1. The molecular weight excluding hydrogens is 188 g/mol. The molecule has 3 N–H and O–H groups in total. The summed E-state index contributed by atoms with van der Waals surface area (Å²) in [4.78, 5) is 10.9. The molecule has 1 aromatic rings. The van der Waals surface area contributed by atoms with Gasteiger partial charge in [0.05, 0.1) is 6.26 Å². The summed E-state index contributed by atoms with van der Waals surface area (Å²) in [6, 6.07) is 3.45. The molecule has 1 rings (SSSR count). The van der Waals surface area contributed by atoms with E-state index < -0.39 is 0 Å². The van der Waals surface area contributed by atoms with E-state index in [9.17, 15) is 4.79 Å². The minimum Gasteiger partial charge on any atom is -0.465 e. The van der Waals surface area contributed by atoms with Crippen molar-refractivity contribution in [3.05, 3.63) is 30.2 Å². The predicted molar refractivity (Wildman–Crippen MR) is 52.7 cm³/mol. The van der Waals surface area contributed by atoms with Gasteiger partial charge in [-0.2, -0.15) is 0 Å². The summed E-state index contributed by atoms with van der Waals surface area (Å²) in [5.74, 6) is 0.224. The van der Waals surface area contributed by atoms with Crippen molar-refractivity contribution in [1.29, 1.82) is 0 Å². The first-order chi connectivity index (χ1) is 6.18. The molecule has 5 heteroatoms. The van der Waals surface area contributed by atoms with E-state index in [4.69, 9.17) is 10.2 Å². The Kier molecular flexibility index (Phi) is 3.22. The molecule has 4 nitrogen and oxygen atoms in total. The van der Waals surface area contributed by atoms with Gasteiger partial charge in [0.15, 0.2) is 5.11 Å². The summed E-state index contributed by atoms with van der Waals surface area (Å²) in [6.07, 6.45) is 4.33. The summed E-state index contributed by atoms with van der Waals surface area (Å²) in [7, 11) is 0. The van der Waals surface area contributed by atoms with Crippen LogP contribution in [0.2, 0.25) is 0 Å². The second-order valence-electron chi connectivity index (χ2n) is 2.20. The Balaban J connectivity index is 2.49. The van der Waals surface area contributed by atoms with Gasteiger partial charge in [-0.05, 0) is 30.4 Å².